The summed E-state index contributed by atoms with van der Waals surface area (Å²) in [6, 6.07) is 11.3. The standard InChI is InChI=1S/C18H27NO2/c1-19(14-16-6-3-2-4-7-16)17-12-10-15(11-13-17)8-5-9-18(20)21/h2-4,6-7,15,17H,5,8-14H2,1H3,(H,20,21). The maximum absolute atomic E-state index is 10.5. The molecule has 2 rings (SSSR count). The molecule has 1 N–H and O–H groups in total. The van der Waals surface area contributed by atoms with E-state index in [4.69, 9.17) is 5.11 Å². The Morgan fingerprint density at radius 3 is 2.48 bits per heavy atom. The van der Waals surface area contributed by atoms with Gasteiger partial charge < -0.3 is 5.11 Å². The van der Waals surface area contributed by atoms with Crippen LogP contribution in [0.25, 0.3) is 0 Å². The molecule has 1 aliphatic carbocycles. The number of aliphatic carboxylic acids is 1. The molecule has 1 aromatic rings. The number of carboxylic acid groups (broad SMARTS) is 1. The van der Waals surface area contributed by atoms with Crippen molar-refractivity contribution >= 4 is 5.97 Å². The van der Waals surface area contributed by atoms with Crippen molar-refractivity contribution in [2.75, 3.05) is 7.05 Å². The van der Waals surface area contributed by atoms with Gasteiger partial charge in [0.2, 0.25) is 0 Å². The van der Waals surface area contributed by atoms with Gasteiger partial charge in [0, 0.05) is 19.0 Å². The number of carbonyl (C=O) groups is 1. The Hall–Kier alpha value is -1.35. The summed E-state index contributed by atoms with van der Waals surface area (Å²) in [5.74, 6) is 0.0806. The van der Waals surface area contributed by atoms with Gasteiger partial charge >= 0.3 is 5.97 Å². The highest BCUT2D eigenvalue weighted by Gasteiger charge is 2.23. The first-order chi connectivity index (χ1) is 10.1. The van der Waals surface area contributed by atoms with Crippen LogP contribution in [0.5, 0.6) is 0 Å². The van der Waals surface area contributed by atoms with Crippen LogP contribution in [0, 0.1) is 5.92 Å². The van der Waals surface area contributed by atoms with Crippen molar-refractivity contribution in [3.63, 3.8) is 0 Å². The summed E-state index contributed by atoms with van der Waals surface area (Å²) in [6.07, 6.45) is 7.26. The fourth-order valence-electron chi connectivity index (χ4n) is 3.42. The van der Waals surface area contributed by atoms with Crippen LogP contribution >= 0.6 is 0 Å². The number of carboxylic acids is 1. The molecule has 3 heteroatoms. The molecule has 0 bridgehead atoms. The van der Waals surface area contributed by atoms with E-state index < -0.39 is 5.97 Å². The maximum Gasteiger partial charge on any atom is 0.303 e. The minimum absolute atomic E-state index is 0.327. The van der Waals surface area contributed by atoms with Gasteiger partial charge in [-0.15, -0.1) is 0 Å². The summed E-state index contributed by atoms with van der Waals surface area (Å²) >= 11 is 0. The minimum atomic E-state index is -0.661. The predicted molar refractivity (Wildman–Crippen MR) is 85.1 cm³/mol. The molecule has 0 spiro atoms. The van der Waals surface area contributed by atoms with Crippen LogP contribution < -0.4 is 0 Å². The molecule has 0 amide bonds. The largest absolute Gasteiger partial charge is 0.481 e. The third-order valence-corrected chi connectivity index (χ3v) is 4.72. The Bertz CT molecular complexity index is 424. The zero-order valence-corrected chi connectivity index (χ0v) is 13.0. The fraction of sp³-hybridized carbons (Fsp3) is 0.611. The Morgan fingerprint density at radius 1 is 1.19 bits per heavy atom. The van der Waals surface area contributed by atoms with Gasteiger partial charge in [0.25, 0.3) is 0 Å². The fourth-order valence-corrected chi connectivity index (χ4v) is 3.42. The summed E-state index contributed by atoms with van der Waals surface area (Å²) in [4.78, 5) is 13.0. The molecule has 21 heavy (non-hydrogen) atoms. The molecular formula is C18H27NO2. The monoisotopic (exact) mass is 289 g/mol. The second-order valence-electron chi connectivity index (χ2n) is 6.36. The van der Waals surface area contributed by atoms with E-state index in [9.17, 15) is 4.79 Å². The first-order valence-electron chi connectivity index (χ1n) is 8.11. The number of hydrogen-bond acceptors (Lipinski definition) is 2. The average molecular weight is 289 g/mol. The highest BCUT2D eigenvalue weighted by molar-refractivity contribution is 5.66. The lowest BCUT2D eigenvalue weighted by Gasteiger charge is -2.34. The van der Waals surface area contributed by atoms with Crippen LogP contribution in [0.15, 0.2) is 30.3 Å². The van der Waals surface area contributed by atoms with Gasteiger partial charge in [-0.2, -0.15) is 0 Å². The van der Waals surface area contributed by atoms with E-state index in [0.717, 1.165) is 25.3 Å². The molecule has 1 fully saturated rings. The lowest BCUT2D eigenvalue weighted by atomic mass is 9.82. The Kier molecular flexibility index (Phi) is 6.24. The number of nitrogens with zero attached hydrogens (tertiary/aromatic N) is 1. The topological polar surface area (TPSA) is 40.5 Å². The lowest BCUT2D eigenvalue weighted by molar-refractivity contribution is -0.137. The Morgan fingerprint density at radius 2 is 1.86 bits per heavy atom. The molecule has 1 aliphatic rings. The van der Waals surface area contributed by atoms with Crippen molar-refractivity contribution < 1.29 is 9.90 Å². The van der Waals surface area contributed by atoms with Gasteiger partial charge in [-0.3, -0.25) is 9.69 Å². The van der Waals surface area contributed by atoms with E-state index in [0.29, 0.717) is 12.5 Å². The Labute approximate surface area is 128 Å². The highest BCUT2D eigenvalue weighted by atomic mass is 16.4. The summed E-state index contributed by atoms with van der Waals surface area (Å²) in [7, 11) is 2.22. The molecule has 0 heterocycles. The maximum atomic E-state index is 10.5. The summed E-state index contributed by atoms with van der Waals surface area (Å²) in [5.41, 5.74) is 1.38. The number of benzene rings is 1. The molecule has 3 nitrogen and oxygen atoms in total. The van der Waals surface area contributed by atoms with Crippen molar-refractivity contribution in [2.24, 2.45) is 5.92 Å². The molecule has 116 valence electrons. The molecule has 0 atom stereocenters. The van der Waals surface area contributed by atoms with Crippen LogP contribution in [0.4, 0.5) is 0 Å². The zero-order chi connectivity index (χ0) is 15.1. The molecular weight excluding hydrogens is 262 g/mol. The minimum Gasteiger partial charge on any atom is -0.481 e. The molecule has 0 unspecified atom stereocenters. The molecule has 1 saturated carbocycles. The van der Waals surface area contributed by atoms with E-state index in [1.165, 1.54) is 31.2 Å². The van der Waals surface area contributed by atoms with Gasteiger partial charge in [-0.05, 0) is 57.1 Å². The van der Waals surface area contributed by atoms with E-state index in [-0.39, 0.29) is 0 Å². The van der Waals surface area contributed by atoms with Gasteiger partial charge in [-0.25, -0.2) is 0 Å². The van der Waals surface area contributed by atoms with Gasteiger partial charge in [0.1, 0.15) is 0 Å². The smallest absolute Gasteiger partial charge is 0.303 e. The van der Waals surface area contributed by atoms with Crippen molar-refractivity contribution in [2.45, 2.75) is 57.5 Å². The molecule has 0 aromatic heterocycles. The quantitative estimate of drug-likeness (QED) is 0.826. The summed E-state index contributed by atoms with van der Waals surface area (Å²) < 4.78 is 0. The zero-order valence-electron chi connectivity index (χ0n) is 13.0. The van der Waals surface area contributed by atoms with E-state index in [1.807, 2.05) is 0 Å². The first-order valence-corrected chi connectivity index (χ1v) is 8.11. The third kappa shape index (κ3) is 5.50. The Balaban J connectivity index is 1.69. The van der Waals surface area contributed by atoms with Gasteiger partial charge in [0.15, 0.2) is 0 Å². The number of hydrogen-bond donors (Lipinski definition) is 1. The van der Waals surface area contributed by atoms with Crippen molar-refractivity contribution in [1.82, 2.24) is 4.90 Å². The SMILES string of the molecule is CN(Cc1ccccc1)C1CCC(CCCC(=O)O)CC1. The van der Waals surface area contributed by atoms with Crippen molar-refractivity contribution in [1.29, 1.82) is 0 Å². The van der Waals surface area contributed by atoms with Crippen LogP contribution in [0.1, 0.15) is 50.5 Å². The first kappa shape index (κ1) is 16.0. The third-order valence-electron chi connectivity index (χ3n) is 4.72. The predicted octanol–water partition coefficient (Wildman–Crippen LogP) is 3.93. The van der Waals surface area contributed by atoms with Crippen LogP contribution in [0.3, 0.4) is 0 Å². The second-order valence-corrected chi connectivity index (χ2v) is 6.36. The van der Waals surface area contributed by atoms with Gasteiger partial charge in [0.05, 0.1) is 0 Å². The second kappa shape index (κ2) is 8.18. The van der Waals surface area contributed by atoms with E-state index in [2.05, 4.69) is 42.3 Å². The van der Waals surface area contributed by atoms with Crippen molar-refractivity contribution in [3.8, 4) is 0 Å². The molecule has 0 radical (unpaired) electrons. The average Bonchev–Trinajstić information content (AvgIpc) is 2.48. The highest BCUT2D eigenvalue weighted by Crippen LogP contribution is 2.30. The molecule has 0 saturated heterocycles. The van der Waals surface area contributed by atoms with E-state index >= 15 is 0 Å². The summed E-state index contributed by atoms with van der Waals surface area (Å²) in [5, 5.41) is 8.69. The van der Waals surface area contributed by atoms with Crippen molar-refractivity contribution in [3.05, 3.63) is 35.9 Å². The number of rotatable bonds is 7. The van der Waals surface area contributed by atoms with Crippen LogP contribution in [-0.4, -0.2) is 29.1 Å². The normalized spacial score (nSPS) is 22.4. The lowest BCUT2D eigenvalue weighted by Crippen LogP contribution is -2.34. The van der Waals surface area contributed by atoms with E-state index in [1.54, 1.807) is 0 Å². The molecule has 1 aromatic carbocycles. The van der Waals surface area contributed by atoms with Crippen LogP contribution in [-0.2, 0) is 11.3 Å². The van der Waals surface area contributed by atoms with Gasteiger partial charge in [-0.1, -0.05) is 30.3 Å². The molecule has 0 aliphatic heterocycles. The van der Waals surface area contributed by atoms with Crippen LogP contribution in [0.2, 0.25) is 0 Å². The summed E-state index contributed by atoms with van der Waals surface area (Å²) in [6.45, 7) is 1.02.